The van der Waals surface area contributed by atoms with Crippen molar-refractivity contribution in [2.75, 3.05) is 6.54 Å². The Morgan fingerprint density at radius 1 is 1.15 bits per heavy atom. The number of halogens is 3. The van der Waals surface area contributed by atoms with Gasteiger partial charge in [0.15, 0.2) is 6.10 Å². The number of nitro groups is 1. The van der Waals surface area contributed by atoms with Crippen molar-refractivity contribution in [2.24, 2.45) is 0 Å². The molecule has 3 rings (SSSR count). The van der Waals surface area contributed by atoms with Gasteiger partial charge in [-0.2, -0.15) is 0 Å². The van der Waals surface area contributed by atoms with Crippen LogP contribution in [0.25, 0.3) is 0 Å². The first-order chi connectivity index (χ1) is 12.3. The van der Waals surface area contributed by atoms with Crippen LogP contribution >= 0.6 is 34.8 Å². The quantitative estimate of drug-likeness (QED) is 0.298. The van der Waals surface area contributed by atoms with E-state index in [0.717, 1.165) is 5.56 Å². The minimum absolute atomic E-state index is 0.0103. The average molecular weight is 416 g/mol. The van der Waals surface area contributed by atoms with E-state index in [1.165, 1.54) is 17.0 Å². The summed E-state index contributed by atoms with van der Waals surface area (Å²) in [6.45, 7) is 0.429. The second-order valence-electron chi connectivity index (χ2n) is 5.73. The Bertz CT molecular complexity index is 809. The first kappa shape index (κ1) is 18.8. The van der Waals surface area contributed by atoms with Crippen molar-refractivity contribution in [1.82, 2.24) is 4.90 Å². The highest BCUT2D eigenvalue weighted by atomic mass is 35.6. The molecule has 2 atom stereocenters. The van der Waals surface area contributed by atoms with Crippen molar-refractivity contribution in [3.05, 3.63) is 75.8 Å². The molecular formula is C17H13Cl3N2O4. The maximum Gasteiger partial charge on any atom is 0.411 e. The van der Waals surface area contributed by atoms with Gasteiger partial charge >= 0.3 is 6.09 Å². The summed E-state index contributed by atoms with van der Waals surface area (Å²) in [6.07, 6.45) is -1.67. The lowest BCUT2D eigenvalue weighted by Gasteiger charge is -2.25. The molecular weight excluding hydrogens is 403 g/mol. The van der Waals surface area contributed by atoms with Crippen LogP contribution < -0.4 is 0 Å². The van der Waals surface area contributed by atoms with Gasteiger partial charge in [0.1, 0.15) is 0 Å². The third-order valence-corrected chi connectivity index (χ3v) is 4.55. The van der Waals surface area contributed by atoms with Gasteiger partial charge in [-0.05, 0) is 11.1 Å². The molecule has 2 aromatic rings. The molecule has 1 aliphatic rings. The number of benzene rings is 2. The van der Waals surface area contributed by atoms with Gasteiger partial charge in [-0.25, -0.2) is 4.79 Å². The van der Waals surface area contributed by atoms with Crippen molar-refractivity contribution in [1.29, 1.82) is 0 Å². The van der Waals surface area contributed by atoms with Gasteiger partial charge in [0.25, 0.3) is 5.69 Å². The van der Waals surface area contributed by atoms with Crippen molar-refractivity contribution >= 4 is 46.6 Å². The number of nitrogens with zero attached hydrogens (tertiary/aromatic N) is 2. The Balaban J connectivity index is 1.69. The van der Waals surface area contributed by atoms with Crippen molar-refractivity contribution < 1.29 is 14.5 Å². The third-order valence-electron chi connectivity index (χ3n) is 3.95. The van der Waals surface area contributed by atoms with Crippen molar-refractivity contribution in [3.8, 4) is 0 Å². The Hall–Kier alpha value is -2.02. The molecule has 1 heterocycles. The molecule has 0 saturated carbocycles. The molecule has 9 heteroatoms. The number of ether oxygens (including phenoxy) is 1. The fraction of sp³-hybridized carbons (Fsp3) is 0.235. The molecule has 136 valence electrons. The van der Waals surface area contributed by atoms with E-state index in [1.807, 2.05) is 0 Å². The second kappa shape index (κ2) is 7.31. The molecule has 0 aromatic heterocycles. The molecule has 0 unspecified atom stereocenters. The first-order valence-electron chi connectivity index (χ1n) is 7.60. The molecule has 2 aromatic carbocycles. The van der Waals surface area contributed by atoms with Crippen LogP contribution in [0.2, 0.25) is 0 Å². The minimum Gasteiger partial charge on any atom is -0.437 e. The van der Waals surface area contributed by atoms with Crippen molar-refractivity contribution in [2.45, 2.75) is 15.9 Å². The number of alkyl halides is 3. The smallest absolute Gasteiger partial charge is 0.411 e. The Morgan fingerprint density at radius 2 is 1.77 bits per heavy atom. The molecule has 0 spiro atoms. The molecule has 1 aliphatic heterocycles. The minimum atomic E-state index is -1.82. The van der Waals surface area contributed by atoms with Crippen LogP contribution in [0.15, 0.2) is 54.6 Å². The fourth-order valence-electron chi connectivity index (χ4n) is 2.56. The Labute approximate surface area is 164 Å². The van der Waals surface area contributed by atoms with Gasteiger partial charge in [-0.3, -0.25) is 15.0 Å². The monoisotopic (exact) mass is 414 g/mol. The highest BCUT2D eigenvalue weighted by Crippen LogP contribution is 2.44. The summed E-state index contributed by atoms with van der Waals surface area (Å²) < 4.78 is 3.60. The summed E-state index contributed by atoms with van der Waals surface area (Å²) in [6, 6.07) is 14.5. The first-order valence-corrected chi connectivity index (χ1v) is 8.74. The van der Waals surface area contributed by atoms with Gasteiger partial charge in [0.2, 0.25) is 3.79 Å². The largest absolute Gasteiger partial charge is 0.437 e. The molecule has 0 radical (unpaired) electrons. The van der Waals surface area contributed by atoms with Crippen molar-refractivity contribution in [3.63, 3.8) is 0 Å². The Morgan fingerprint density at radius 3 is 2.31 bits per heavy atom. The van der Waals surface area contributed by atoms with E-state index in [9.17, 15) is 14.9 Å². The van der Waals surface area contributed by atoms with Gasteiger partial charge in [0.05, 0.1) is 11.0 Å². The summed E-state index contributed by atoms with van der Waals surface area (Å²) in [5, 5.41) is 10.7. The molecule has 0 aliphatic carbocycles. The number of carbonyl (C=O) groups is 1. The third kappa shape index (κ3) is 4.20. The maximum absolute atomic E-state index is 12.4. The van der Waals surface area contributed by atoms with E-state index in [0.29, 0.717) is 12.1 Å². The standard InChI is InChI=1S/C17H13Cl3N2O4/c18-17(19,20)15(12-4-2-1-3-5-12)26-16(23)21-10-14(21)11-6-8-13(9-7-11)22(24)25/h1-9,14-15H,10H2/t14-,15+,21?/m0/s1. The van der Waals surface area contributed by atoms with E-state index < -0.39 is 20.9 Å². The molecule has 6 nitrogen and oxygen atoms in total. The van der Waals surface area contributed by atoms with Crippen LogP contribution in [0.5, 0.6) is 0 Å². The van der Waals surface area contributed by atoms with Gasteiger partial charge in [-0.1, -0.05) is 77.3 Å². The number of carbonyl (C=O) groups excluding carboxylic acids is 1. The fourth-order valence-corrected chi connectivity index (χ4v) is 3.08. The Kier molecular flexibility index (Phi) is 5.27. The summed E-state index contributed by atoms with van der Waals surface area (Å²) in [5.74, 6) is 0. The highest BCUT2D eigenvalue weighted by Gasteiger charge is 2.45. The van der Waals surface area contributed by atoms with Crippen LogP contribution in [0.3, 0.4) is 0 Å². The molecule has 0 bridgehead atoms. The number of nitro benzene ring substituents is 1. The second-order valence-corrected chi connectivity index (χ2v) is 8.10. The van der Waals surface area contributed by atoms with E-state index in [4.69, 9.17) is 39.5 Å². The lowest BCUT2D eigenvalue weighted by molar-refractivity contribution is -0.384. The zero-order chi connectivity index (χ0) is 18.9. The number of hydrogen-bond acceptors (Lipinski definition) is 4. The van der Waals surface area contributed by atoms with Crippen LogP contribution in [0, 0.1) is 10.1 Å². The normalized spacial score (nSPS) is 17.5. The number of non-ortho nitro benzene ring substituents is 1. The van der Waals surface area contributed by atoms with Gasteiger partial charge < -0.3 is 4.74 Å². The number of rotatable bonds is 4. The van der Waals surface area contributed by atoms with E-state index >= 15 is 0 Å². The molecule has 1 saturated heterocycles. The summed E-state index contributed by atoms with van der Waals surface area (Å²) in [5.41, 5.74) is 1.33. The van der Waals surface area contributed by atoms with Crippen LogP contribution in [-0.2, 0) is 4.74 Å². The molecule has 1 amide bonds. The molecule has 26 heavy (non-hydrogen) atoms. The predicted molar refractivity (Wildman–Crippen MR) is 98.5 cm³/mol. The number of hydrogen-bond donors (Lipinski definition) is 0. The van der Waals surface area contributed by atoms with Crippen LogP contribution in [0.1, 0.15) is 23.3 Å². The van der Waals surface area contributed by atoms with E-state index in [-0.39, 0.29) is 11.7 Å². The van der Waals surface area contributed by atoms with Gasteiger partial charge in [-0.15, -0.1) is 0 Å². The summed E-state index contributed by atoms with van der Waals surface area (Å²) in [7, 11) is 0. The number of amides is 1. The molecule has 1 fully saturated rings. The van der Waals surface area contributed by atoms with Crippen LogP contribution in [0.4, 0.5) is 10.5 Å². The van der Waals surface area contributed by atoms with Gasteiger partial charge in [0, 0.05) is 18.7 Å². The highest BCUT2D eigenvalue weighted by molar-refractivity contribution is 6.68. The predicted octanol–water partition coefficient (Wildman–Crippen LogP) is 5.20. The lowest BCUT2D eigenvalue weighted by atomic mass is 10.1. The van der Waals surface area contributed by atoms with E-state index in [1.54, 1.807) is 42.5 Å². The summed E-state index contributed by atoms with van der Waals surface area (Å²) in [4.78, 5) is 24.1. The zero-order valence-electron chi connectivity index (χ0n) is 13.2. The maximum atomic E-state index is 12.4. The lowest BCUT2D eigenvalue weighted by Crippen LogP contribution is -2.26. The topological polar surface area (TPSA) is 72.5 Å². The molecule has 0 N–H and O–H groups in total. The van der Waals surface area contributed by atoms with Crippen LogP contribution in [-0.4, -0.2) is 26.3 Å². The summed E-state index contributed by atoms with van der Waals surface area (Å²) >= 11 is 17.9. The SMILES string of the molecule is O=C(O[C@H](c1ccccc1)C(Cl)(Cl)Cl)N1C[C@H]1c1ccc([N+](=O)[O-])cc1. The van der Waals surface area contributed by atoms with E-state index in [2.05, 4.69) is 0 Å². The average Bonchev–Trinajstić information content (AvgIpc) is 3.40. The zero-order valence-corrected chi connectivity index (χ0v) is 15.5.